The molecule has 0 amide bonds. The van der Waals surface area contributed by atoms with Crippen LogP contribution in [0.15, 0.2) is 84.9 Å². The Bertz CT molecular complexity index is 910. The minimum atomic E-state index is -1.67. The molecule has 1 unspecified atom stereocenters. The number of benzene rings is 3. The van der Waals surface area contributed by atoms with Crippen LogP contribution >= 0.6 is 7.26 Å². The van der Waals surface area contributed by atoms with E-state index in [9.17, 15) is 0 Å². The molecule has 0 radical (unpaired) electrons. The first-order valence-corrected chi connectivity index (χ1v) is 16.1. The van der Waals surface area contributed by atoms with Gasteiger partial charge in [-0.3, -0.25) is 0 Å². The largest absolute Gasteiger partial charge is 1.00 e. The summed E-state index contributed by atoms with van der Waals surface area (Å²) in [5.41, 5.74) is 1.34. The Kier molecular flexibility index (Phi) is 14.0. The van der Waals surface area contributed by atoms with Gasteiger partial charge in [0.05, 0.1) is 6.16 Å². The highest BCUT2D eigenvalue weighted by Crippen LogP contribution is 2.56. The summed E-state index contributed by atoms with van der Waals surface area (Å²) in [6.07, 6.45) is 13.7. The van der Waals surface area contributed by atoms with Gasteiger partial charge in [-0.15, -0.1) is 0 Å². The molecule has 0 saturated carbocycles. The number of unbranched alkanes of at least 4 members (excludes halogenated alkanes) is 4. The van der Waals surface area contributed by atoms with Crippen LogP contribution in [0.25, 0.3) is 0 Å². The van der Waals surface area contributed by atoms with Crippen molar-refractivity contribution in [3.8, 4) is 0 Å². The van der Waals surface area contributed by atoms with Gasteiger partial charge in [0.25, 0.3) is 0 Å². The first-order chi connectivity index (χ1) is 17.0. The van der Waals surface area contributed by atoms with Crippen LogP contribution in [0.4, 0.5) is 0 Å². The molecular weight excluding hydrogens is 519 g/mol. The smallest absolute Gasteiger partial charge is 0.112 e. The van der Waals surface area contributed by atoms with Crippen LogP contribution < -0.4 is 32.9 Å². The van der Waals surface area contributed by atoms with Crippen LogP contribution in [-0.4, -0.2) is 6.16 Å². The van der Waals surface area contributed by atoms with Crippen molar-refractivity contribution in [3.63, 3.8) is 0 Å². The first kappa shape index (κ1) is 30.8. The van der Waals surface area contributed by atoms with E-state index in [4.69, 9.17) is 0 Å². The van der Waals surface area contributed by atoms with E-state index in [1.807, 2.05) is 0 Å². The van der Waals surface area contributed by atoms with Gasteiger partial charge in [-0.05, 0) is 68.0 Å². The van der Waals surface area contributed by atoms with Crippen LogP contribution in [0.1, 0.15) is 84.1 Å². The molecule has 0 N–H and O–H groups in total. The van der Waals surface area contributed by atoms with Gasteiger partial charge < -0.3 is 17.0 Å². The average molecular weight is 568 g/mol. The molecule has 196 valence electrons. The van der Waals surface area contributed by atoms with Crippen molar-refractivity contribution in [1.29, 1.82) is 0 Å². The third-order valence-corrected chi connectivity index (χ3v) is 12.1. The fourth-order valence-corrected chi connectivity index (χ4v) is 9.78. The first-order valence-electron chi connectivity index (χ1n) is 14.1. The predicted octanol–water partition coefficient (Wildman–Crippen LogP) is 6.10. The molecule has 2 heteroatoms. The summed E-state index contributed by atoms with van der Waals surface area (Å²) in [7, 11) is -1.67. The zero-order valence-electron chi connectivity index (χ0n) is 23.1. The van der Waals surface area contributed by atoms with Gasteiger partial charge in [-0.25, -0.2) is 0 Å². The second-order valence-electron chi connectivity index (χ2n) is 11.0. The van der Waals surface area contributed by atoms with Crippen LogP contribution in [0.2, 0.25) is 0 Å². The normalized spacial score (nSPS) is 12.4. The van der Waals surface area contributed by atoms with Gasteiger partial charge in [0.1, 0.15) is 23.2 Å². The van der Waals surface area contributed by atoms with Gasteiger partial charge in [0.15, 0.2) is 0 Å². The van der Waals surface area contributed by atoms with Crippen LogP contribution in [0.3, 0.4) is 0 Å². The Morgan fingerprint density at radius 1 is 0.528 bits per heavy atom. The average Bonchev–Trinajstić information content (AvgIpc) is 2.87. The quantitative estimate of drug-likeness (QED) is 0.154. The molecule has 36 heavy (non-hydrogen) atoms. The zero-order chi connectivity index (χ0) is 24.9. The minimum absolute atomic E-state index is 0. The Labute approximate surface area is 233 Å². The molecule has 1 atom stereocenters. The Morgan fingerprint density at radius 2 is 1.00 bits per heavy atom. The Hall–Kier alpha value is -1.43. The van der Waals surface area contributed by atoms with E-state index in [2.05, 4.69) is 113 Å². The third kappa shape index (κ3) is 9.15. The second-order valence-corrected chi connectivity index (χ2v) is 14.6. The SMILES string of the molecule is Cc1ccc([P+](CCCCCCCC(C)CCCC(C)C)(c2ccccc2)c2ccccc2)cc1.[Br-]. The molecule has 0 aliphatic rings. The van der Waals surface area contributed by atoms with Crippen molar-refractivity contribution >= 4 is 23.2 Å². The molecule has 0 aliphatic carbocycles. The van der Waals surface area contributed by atoms with Gasteiger partial charge in [0.2, 0.25) is 0 Å². The van der Waals surface area contributed by atoms with Crippen molar-refractivity contribution in [2.24, 2.45) is 11.8 Å². The van der Waals surface area contributed by atoms with E-state index in [0.29, 0.717) is 0 Å². The van der Waals surface area contributed by atoms with E-state index < -0.39 is 7.26 Å². The number of hydrogen-bond donors (Lipinski definition) is 0. The lowest BCUT2D eigenvalue weighted by molar-refractivity contribution is -0.00000753. The van der Waals surface area contributed by atoms with E-state index in [-0.39, 0.29) is 17.0 Å². The summed E-state index contributed by atoms with van der Waals surface area (Å²) in [6.45, 7) is 9.34. The molecule has 0 aliphatic heterocycles. The van der Waals surface area contributed by atoms with Crippen LogP contribution in [0, 0.1) is 18.8 Å². The molecule has 3 aromatic rings. The van der Waals surface area contributed by atoms with Crippen molar-refractivity contribution in [2.75, 3.05) is 6.16 Å². The highest BCUT2D eigenvalue weighted by molar-refractivity contribution is 7.95. The lowest BCUT2D eigenvalue weighted by Crippen LogP contribution is -3.00. The number of aryl methyl sites for hydroxylation is 1. The lowest BCUT2D eigenvalue weighted by Gasteiger charge is -2.28. The molecular formula is C34H48BrP. The lowest BCUT2D eigenvalue weighted by atomic mass is 9.95. The zero-order valence-corrected chi connectivity index (χ0v) is 25.6. The molecule has 3 aromatic carbocycles. The summed E-state index contributed by atoms with van der Waals surface area (Å²) in [5, 5.41) is 4.56. The van der Waals surface area contributed by atoms with Gasteiger partial charge in [-0.2, -0.15) is 0 Å². The highest BCUT2D eigenvalue weighted by atomic mass is 79.9. The maximum Gasteiger partial charge on any atom is 0.112 e. The van der Waals surface area contributed by atoms with E-state index in [1.165, 1.54) is 85.4 Å². The Balaban J connectivity index is 0.00000456. The summed E-state index contributed by atoms with van der Waals surface area (Å²) in [6, 6.07) is 32.1. The summed E-state index contributed by atoms with van der Waals surface area (Å²) in [4.78, 5) is 0. The molecule has 0 nitrogen and oxygen atoms in total. The summed E-state index contributed by atoms with van der Waals surface area (Å²) in [5.74, 6) is 1.74. The van der Waals surface area contributed by atoms with E-state index in [0.717, 1.165) is 11.8 Å². The summed E-state index contributed by atoms with van der Waals surface area (Å²) >= 11 is 0. The van der Waals surface area contributed by atoms with Gasteiger partial charge >= 0.3 is 0 Å². The Morgan fingerprint density at radius 3 is 1.56 bits per heavy atom. The van der Waals surface area contributed by atoms with E-state index >= 15 is 0 Å². The van der Waals surface area contributed by atoms with Crippen molar-refractivity contribution < 1.29 is 17.0 Å². The van der Waals surface area contributed by atoms with Gasteiger partial charge in [-0.1, -0.05) is 120 Å². The number of hydrogen-bond acceptors (Lipinski definition) is 0. The molecule has 0 spiro atoms. The highest BCUT2D eigenvalue weighted by Gasteiger charge is 2.44. The predicted molar refractivity (Wildman–Crippen MR) is 160 cm³/mol. The van der Waals surface area contributed by atoms with E-state index in [1.54, 1.807) is 0 Å². The number of rotatable bonds is 15. The monoisotopic (exact) mass is 566 g/mol. The van der Waals surface area contributed by atoms with Crippen LogP contribution in [-0.2, 0) is 0 Å². The molecule has 3 rings (SSSR count). The van der Waals surface area contributed by atoms with Crippen LogP contribution in [0.5, 0.6) is 0 Å². The second kappa shape index (κ2) is 16.4. The molecule has 0 bridgehead atoms. The topological polar surface area (TPSA) is 0 Å². The van der Waals surface area contributed by atoms with Crippen molar-refractivity contribution in [1.82, 2.24) is 0 Å². The summed E-state index contributed by atoms with van der Waals surface area (Å²) < 4.78 is 0. The number of halogens is 1. The van der Waals surface area contributed by atoms with Gasteiger partial charge in [0, 0.05) is 0 Å². The maximum atomic E-state index is 2.46. The molecule has 0 heterocycles. The molecule has 0 fully saturated rings. The van der Waals surface area contributed by atoms with Crippen molar-refractivity contribution in [2.45, 2.75) is 85.5 Å². The minimum Gasteiger partial charge on any atom is -1.00 e. The maximum absolute atomic E-state index is 2.46. The molecule has 0 aromatic heterocycles. The fraction of sp³-hybridized carbons (Fsp3) is 0.471. The fourth-order valence-electron chi connectivity index (χ4n) is 5.39. The van der Waals surface area contributed by atoms with Crippen molar-refractivity contribution in [3.05, 3.63) is 90.5 Å². The standard InChI is InChI=1S/C34H48P.BrH/c1-29(2)17-16-19-30(3)18-10-6-5-7-15-28-35(32-20-11-8-12-21-32,33-22-13-9-14-23-33)34-26-24-31(4)25-27-34;/h8-9,11-14,20-27,29-30H,5-7,10,15-19,28H2,1-4H3;1H/q+1;/p-1. The third-order valence-electron chi connectivity index (χ3n) is 7.54. The molecule has 0 saturated heterocycles.